The zero-order valence-electron chi connectivity index (χ0n) is 17.8. The van der Waals surface area contributed by atoms with Crippen LogP contribution in [-0.2, 0) is 9.53 Å². The van der Waals surface area contributed by atoms with E-state index in [0.29, 0.717) is 19.3 Å². The van der Waals surface area contributed by atoms with Gasteiger partial charge in [0.1, 0.15) is 5.60 Å². The van der Waals surface area contributed by atoms with Crippen molar-refractivity contribution in [2.24, 2.45) is 0 Å². The second-order valence-electron chi connectivity index (χ2n) is 8.16. The zero-order chi connectivity index (χ0) is 21.4. The molecule has 0 aromatic carbocycles. The number of thioether (sulfide) groups is 1. The summed E-state index contributed by atoms with van der Waals surface area (Å²) in [4.78, 5) is 29.9. The topological polar surface area (TPSA) is 58.6 Å². The van der Waals surface area contributed by atoms with Crippen LogP contribution < -0.4 is 5.32 Å². The summed E-state index contributed by atoms with van der Waals surface area (Å²) in [6, 6.07) is 0. The number of rotatable bonds is 7. The maximum absolute atomic E-state index is 12.7. The van der Waals surface area contributed by atoms with Crippen LogP contribution in [-0.4, -0.2) is 42.0 Å². The minimum absolute atomic E-state index is 0.131. The van der Waals surface area contributed by atoms with Gasteiger partial charge in [0.2, 0.25) is 0 Å². The molecule has 0 aromatic rings. The number of amides is 1. The van der Waals surface area contributed by atoms with Gasteiger partial charge in [0, 0.05) is 43.6 Å². The fourth-order valence-corrected chi connectivity index (χ4v) is 4.22. The number of nitrogens with one attached hydrogen (secondary N) is 1. The largest absolute Gasteiger partial charge is 0.444 e. The Labute approximate surface area is 182 Å². The smallest absolute Gasteiger partial charge is 0.408 e. The molecule has 0 radical (unpaired) electrons. The van der Waals surface area contributed by atoms with E-state index in [0.717, 1.165) is 23.3 Å². The molecule has 0 heterocycles. The van der Waals surface area contributed by atoms with E-state index in [4.69, 9.17) is 4.74 Å². The van der Waals surface area contributed by atoms with Crippen molar-refractivity contribution in [2.75, 3.05) is 14.1 Å². The van der Waals surface area contributed by atoms with Gasteiger partial charge in [0.15, 0.2) is 5.78 Å². The molecule has 1 amide bonds. The highest BCUT2D eigenvalue weighted by atomic mass is 79.9. The van der Waals surface area contributed by atoms with Gasteiger partial charge in [0.25, 0.3) is 0 Å². The molecule has 158 valence electrons. The maximum Gasteiger partial charge on any atom is 0.408 e. The number of alkyl carbamates (subject to hydrolysis) is 1. The van der Waals surface area contributed by atoms with Gasteiger partial charge >= 0.3 is 6.09 Å². The van der Waals surface area contributed by atoms with Crippen molar-refractivity contribution in [3.05, 3.63) is 33.1 Å². The molecule has 1 fully saturated rings. The lowest BCUT2D eigenvalue weighted by Crippen LogP contribution is -2.53. The minimum atomic E-state index is -0.662. The summed E-state index contributed by atoms with van der Waals surface area (Å²) in [5.74, 6) is 0.131. The van der Waals surface area contributed by atoms with E-state index in [1.54, 1.807) is 16.7 Å². The van der Waals surface area contributed by atoms with Crippen LogP contribution in [0.3, 0.4) is 0 Å². The van der Waals surface area contributed by atoms with E-state index in [9.17, 15) is 9.59 Å². The van der Waals surface area contributed by atoms with Crippen LogP contribution in [0.2, 0.25) is 0 Å². The first-order valence-electron chi connectivity index (χ1n) is 9.57. The number of carbonyl (C=O) groups is 2. The lowest BCUT2D eigenvalue weighted by molar-refractivity contribution is -0.117. The first-order chi connectivity index (χ1) is 13.0. The van der Waals surface area contributed by atoms with Crippen LogP contribution in [0.25, 0.3) is 0 Å². The number of hydrogen-bond donors (Lipinski definition) is 1. The van der Waals surface area contributed by atoms with Gasteiger partial charge in [-0.05, 0) is 44.0 Å². The van der Waals surface area contributed by atoms with E-state index in [1.165, 1.54) is 0 Å². The highest BCUT2D eigenvalue weighted by Crippen LogP contribution is 2.42. The number of halogens is 1. The Bertz CT molecular complexity index is 651. The molecule has 0 bridgehead atoms. The third-order valence-corrected chi connectivity index (χ3v) is 5.82. The highest BCUT2D eigenvalue weighted by molar-refractivity contribution is 9.11. The highest BCUT2D eigenvalue weighted by Gasteiger charge is 2.42. The third kappa shape index (κ3) is 8.03. The molecular formula is C21H33BrN2O3S. The second kappa shape index (κ2) is 11.1. The van der Waals surface area contributed by atoms with Crippen molar-refractivity contribution in [2.45, 2.75) is 70.9 Å². The van der Waals surface area contributed by atoms with E-state index < -0.39 is 17.2 Å². The molecule has 1 atom stereocenters. The molecule has 28 heavy (non-hydrogen) atoms. The van der Waals surface area contributed by atoms with Gasteiger partial charge < -0.3 is 15.0 Å². The number of nitrogens with zero attached hydrogens (tertiary/aromatic N) is 1. The summed E-state index contributed by atoms with van der Waals surface area (Å²) in [6.07, 6.45) is 6.85. The molecule has 5 nitrogen and oxygen atoms in total. The van der Waals surface area contributed by atoms with Crippen LogP contribution in [0.4, 0.5) is 4.79 Å². The van der Waals surface area contributed by atoms with Crippen LogP contribution in [0, 0.1) is 0 Å². The Hall–Kier alpha value is -1.21. The SMILES string of the molecule is CCC/C=C(\S/C=C/Br)C1(NC(=O)OC(C)(C)C)CCC(=O)/C(=C/N(C)C)C1. The molecule has 1 aliphatic rings. The molecule has 0 aromatic heterocycles. The summed E-state index contributed by atoms with van der Waals surface area (Å²) >= 11 is 4.88. The van der Waals surface area contributed by atoms with Crippen molar-refractivity contribution in [3.8, 4) is 0 Å². The monoisotopic (exact) mass is 472 g/mol. The van der Waals surface area contributed by atoms with Crippen molar-refractivity contribution < 1.29 is 14.3 Å². The van der Waals surface area contributed by atoms with Crippen LogP contribution in [0.1, 0.15) is 59.8 Å². The predicted octanol–water partition coefficient (Wildman–Crippen LogP) is 5.73. The summed E-state index contributed by atoms with van der Waals surface area (Å²) in [7, 11) is 3.79. The van der Waals surface area contributed by atoms with Crippen molar-refractivity contribution in [1.29, 1.82) is 0 Å². The first-order valence-corrected chi connectivity index (χ1v) is 11.4. The molecule has 1 unspecified atom stereocenters. The summed E-state index contributed by atoms with van der Waals surface area (Å²) in [5, 5.41) is 5.06. The Morgan fingerprint density at radius 1 is 1.39 bits per heavy atom. The molecule has 1 rings (SSSR count). The minimum Gasteiger partial charge on any atom is -0.444 e. The zero-order valence-corrected chi connectivity index (χ0v) is 20.2. The number of carbonyl (C=O) groups excluding carboxylic acids is 2. The molecule has 0 saturated heterocycles. The molecule has 0 aliphatic heterocycles. The average Bonchev–Trinajstić information content (AvgIpc) is 2.56. The molecule has 7 heteroatoms. The van der Waals surface area contributed by atoms with Gasteiger partial charge in [-0.2, -0.15) is 0 Å². The molecule has 0 spiro atoms. The number of unbranched alkanes of at least 4 members (excludes halogenated alkanes) is 1. The van der Waals surface area contributed by atoms with E-state index in [2.05, 4.69) is 34.2 Å². The lowest BCUT2D eigenvalue weighted by Gasteiger charge is -2.40. The Morgan fingerprint density at radius 2 is 2.07 bits per heavy atom. The summed E-state index contributed by atoms with van der Waals surface area (Å²) in [5.41, 5.74) is -0.531. The molecular weight excluding hydrogens is 440 g/mol. The number of hydrogen-bond acceptors (Lipinski definition) is 5. The van der Waals surface area contributed by atoms with Gasteiger partial charge in [0.05, 0.1) is 5.54 Å². The second-order valence-corrected chi connectivity index (χ2v) is 9.64. The number of ether oxygens (including phenoxy) is 1. The maximum atomic E-state index is 12.7. The fraction of sp³-hybridized carbons (Fsp3) is 0.619. The Balaban J connectivity index is 3.35. The third-order valence-electron chi connectivity index (χ3n) is 4.12. The molecule has 1 saturated carbocycles. The fourth-order valence-electron chi connectivity index (χ4n) is 3.04. The standard InChI is InChI=1S/C21H33BrN2O3S/c1-7-8-9-18(28-13-12-22)21(23-19(26)27-20(2,3)4)11-10-17(25)16(14-21)15-24(5)6/h9,12-13,15H,7-8,10-11,14H2,1-6H3,(H,23,26)/b13-12+,16-15+,18-9-. The van der Waals surface area contributed by atoms with Crippen LogP contribution in [0.5, 0.6) is 0 Å². The van der Waals surface area contributed by atoms with Crippen molar-refractivity contribution in [3.63, 3.8) is 0 Å². The number of allylic oxidation sites excluding steroid dienone is 1. The van der Waals surface area contributed by atoms with Crippen LogP contribution in [0.15, 0.2) is 33.1 Å². The Kier molecular flexibility index (Phi) is 9.84. The molecule has 1 aliphatic carbocycles. The molecule has 1 N–H and O–H groups in total. The summed E-state index contributed by atoms with van der Waals surface area (Å²) in [6.45, 7) is 7.65. The Morgan fingerprint density at radius 3 is 2.61 bits per heavy atom. The van der Waals surface area contributed by atoms with Gasteiger partial charge in [-0.3, -0.25) is 4.79 Å². The predicted molar refractivity (Wildman–Crippen MR) is 121 cm³/mol. The number of ketones is 1. The van der Waals surface area contributed by atoms with Gasteiger partial charge in [-0.15, -0.1) is 0 Å². The van der Waals surface area contributed by atoms with E-state index in [1.807, 2.05) is 51.4 Å². The average molecular weight is 473 g/mol. The van der Waals surface area contributed by atoms with Crippen molar-refractivity contribution >= 4 is 39.6 Å². The quantitative estimate of drug-likeness (QED) is 0.479. The van der Waals surface area contributed by atoms with Gasteiger partial charge in [-0.1, -0.05) is 47.1 Å². The van der Waals surface area contributed by atoms with E-state index >= 15 is 0 Å². The normalized spacial score (nSPS) is 22.6. The van der Waals surface area contributed by atoms with Crippen molar-refractivity contribution in [1.82, 2.24) is 10.2 Å². The summed E-state index contributed by atoms with van der Waals surface area (Å²) < 4.78 is 5.54. The van der Waals surface area contributed by atoms with E-state index in [-0.39, 0.29) is 5.78 Å². The first kappa shape index (κ1) is 24.8. The lowest BCUT2D eigenvalue weighted by atomic mass is 9.77. The number of Topliss-reactive ketones (excluding diaryl/α,β-unsaturated/α-hetero) is 1. The van der Waals surface area contributed by atoms with Crippen LogP contribution >= 0.6 is 27.7 Å². The van der Waals surface area contributed by atoms with Gasteiger partial charge in [-0.25, -0.2) is 4.79 Å².